The third kappa shape index (κ3) is 2.68. The second-order valence-corrected chi connectivity index (χ2v) is 8.47. The molecule has 1 N–H and O–H groups in total. The Bertz CT molecular complexity index is 1300. The number of benzene rings is 4. The molecule has 1 aliphatic rings. The van der Waals surface area contributed by atoms with Crippen molar-refractivity contribution in [3.8, 4) is 16.9 Å². The quantitative estimate of drug-likeness (QED) is 0.413. The first-order valence-electron chi connectivity index (χ1n) is 10.6. The molecule has 2 nitrogen and oxygen atoms in total. The summed E-state index contributed by atoms with van der Waals surface area (Å²) >= 11 is 0. The summed E-state index contributed by atoms with van der Waals surface area (Å²) in [5.74, 6) is 0.297. The van der Waals surface area contributed by atoms with Gasteiger partial charge in [0, 0.05) is 5.56 Å². The fourth-order valence-electron chi connectivity index (χ4n) is 4.89. The molecule has 0 aliphatic heterocycles. The zero-order valence-corrected chi connectivity index (χ0v) is 17.9. The maximum Gasteiger partial charge on any atom is 0.182 e. The molecule has 0 bridgehead atoms. The van der Waals surface area contributed by atoms with E-state index in [0.717, 1.165) is 44.5 Å². The molecule has 0 heterocycles. The van der Waals surface area contributed by atoms with Crippen LogP contribution in [0.15, 0.2) is 84.9 Å². The molecule has 0 radical (unpaired) electrons. The third-order valence-electron chi connectivity index (χ3n) is 6.70. The number of Topliss-reactive ketones (excluding diaryl/α,β-unsaturated/α-hetero) is 1. The lowest BCUT2D eigenvalue weighted by atomic mass is 9.60. The number of carbonyl (C=O) groups excluding carboxylic acids is 1. The van der Waals surface area contributed by atoms with E-state index in [9.17, 15) is 9.90 Å². The van der Waals surface area contributed by atoms with Crippen molar-refractivity contribution in [3.63, 3.8) is 0 Å². The summed E-state index contributed by atoms with van der Waals surface area (Å²) < 4.78 is 0. The average molecular weight is 405 g/mol. The van der Waals surface area contributed by atoms with Gasteiger partial charge in [0.2, 0.25) is 0 Å². The summed E-state index contributed by atoms with van der Waals surface area (Å²) in [6, 6.07) is 27.9. The van der Waals surface area contributed by atoms with Crippen LogP contribution >= 0.6 is 0 Å². The normalized spacial score (nSPS) is 17.2. The Hall–Kier alpha value is -3.65. The average Bonchev–Trinajstić information content (AvgIpc) is 2.79. The molecule has 0 saturated carbocycles. The molecule has 152 valence electrons. The lowest BCUT2D eigenvalue weighted by Gasteiger charge is -2.40. The number of phenols is 1. The summed E-state index contributed by atoms with van der Waals surface area (Å²) in [5.41, 5.74) is 7.68. The molecule has 4 aromatic rings. The molecule has 1 atom stereocenters. The van der Waals surface area contributed by atoms with E-state index in [0.29, 0.717) is 0 Å². The van der Waals surface area contributed by atoms with Crippen molar-refractivity contribution in [2.45, 2.75) is 26.2 Å². The number of carbonyl (C=O) groups is 1. The molecule has 31 heavy (non-hydrogen) atoms. The smallest absolute Gasteiger partial charge is 0.182 e. The first-order chi connectivity index (χ1) is 14.9. The van der Waals surface area contributed by atoms with Crippen LogP contribution in [-0.2, 0) is 5.41 Å². The van der Waals surface area contributed by atoms with Gasteiger partial charge in [-0.2, -0.15) is 0 Å². The first-order valence-corrected chi connectivity index (χ1v) is 10.6. The number of ketones is 1. The van der Waals surface area contributed by atoms with Gasteiger partial charge in [-0.05, 0) is 71.3 Å². The van der Waals surface area contributed by atoms with Crippen LogP contribution in [0, 0.1) is 20.8 Å². The topological polar surface area (TPSA) is 37.3 Å². The molecular formula is C29H24O2. The highest BCUT2D eigenvalue weighted by atomic mass is 16.3. The van der Waals surface area contributed by atoms with Gasteiger partial charge in [-0.1, -0.05) is 78.9 Å². The van der Waals surface area contributed by atoms with Crippen LogP contribution < -0.4 is 0 Å². The first kappa shape index (κ1) is 19.3. The summed E-state index contributed by atoms with van der Waals surface area (Å²) in [4.78, 5) is 14.4. The highest BCUT2D eigenvalue weighted by molar-refractivity contribution is 6.16. The van der Waals surface area contributed by atoms with E-state index in [4.69, 9.17) is 0 Å². The van der Waals surface area contributed by atoms with Crippen LogP contribution in [0.2, 0.25) is 0 Å². The molecule has 1 unspecified atom stereocenters. The monoisotopic (exact) mass is 404 g/mol. The number of aromatic hydroxyl groups is 1. The predicted octanol–water partition coefficient (Wildman–Crippen LogP) is 6.52. The Kier molecular flexibility index (Phi) is 4.33. The Labute approximate surface area is 182 Å². The molecule has 2 heteroatoms. The minimum absolute atomic E-state index is 0.0649. The summed E-state index contributed by atoms with van der Waals surface area (Å²) in [6.45, 7) is 6.05. The zero-order valence-electron chi connectivity index (χ0n) is 17.9. The molecule has 0 spiro atoms. The predicted molar refractivity (Wildman–Crippen MR) is 125 cm³/mol. The van der Waals surface area contributed by atoms with E-state index < -0.39 is 5.41 Å². The number of phenolic OH excluding ortho intramolecular Hbond substituents is 1. The van der Waals surface area contributed by atoms with Gasteiger partial charge in [0.05, 0.1) is 0 Å². The van der Waals surface area contributed by atoms with E-state index in [1.165, 1.54) is 5.56 Å². The number of hydrogen-bond acceptors (Lipinski definition) is 2. The van der Waals surface area contributed by atoms with Gasteiger partial charge < -0.3 is 5.11 Å². The Balaban J connectivity index is 1.96. The summed E-state index contributed by atoms with van der Waals surface area (Å²) in [5, 5.41) is 10.2. The van der Waals surface area contributed by atoms with Gasteiger partial charge in [0.25, 0.3) is 0 Å². The maximum absolute atomic E-state index is 14.4. The number of hydrogen-bond donors (Lipinski definition) is 1. The Morgan fingerprint density at radius 3 is 1.87 bits per heavy atom. The fourth-order valence-corrected chi connectivity index (χ4v) is 4.89. The molecule has 5 rings (SSSR count). The van der Waals surface area contributed by atoms with Gasteiger partial charge >= 0.3 is 0 Å². The van der Waals surface area contributed by atoms with Gasteiger partial charge in [0.1, 0.15) is 11.2 Å². The fraction of sp³-hybridized carbons (Fsp3) is 0.138. The van der Waals surface area contributed by atoms with E-state index in [2.05, 4.69) is 44.2 Å². The summed E-state index contributed by atoms with van der Waals surface area (Å²) in [7, 11) is 0. The van der Waals surface area contributed by atoms with Crippen molar-refractivity contribution >= 4 is 5.78 Å². The second kappa shape index (κ2) is 6.95. The number of fused-ring (bicyclic) bond motifs is 3. The molecule has 0 aromatic heterocycles. The van der Waals surface area contributed by atoms with Crippen molar-refractivity contribution in [2.24, 2.45) is 0 Å². The minimum atomic E-state index is -0.984. The standard InChI is InChI=1S/C29H24O2/c1-18-12-13-21(16-19(18)2)29(22-14-15-27(30)20(3)17-22)26-11-7-6-9-24(26)23-8-4-5-10-25(23)28(29)31/h4-17,30H,1-3H3. The Morgan fingerprint density at radius 2 is 1.19 bits per heavy atom. The van der Waals surface area contributed by atoms with Crippen molar-refractivity contribution in [2.75, 3.05) is 0 Å². The Morgan fingerprint density at radius 1 is 0.613 bits per heavy atom. The van der Waals surface area contributed by atoms with Crippen LogP contribution in [-0.4, -0.2) is 10.9 Å². The van der Waals surface area contributed by atoms with Crippen LogP contribution in [0.1, 0.15) is 43.7 Å². The molecule has 0 amide bonds. The molecule has 0 fully saturated rings. The molecule has 0 saturated heterocycles. The van der Waals surface area contributed by atoms with Gasteiger partial charge in [0.15, 0.2) is 5.78 Å². The van der Waals surface area contributed by atoms with Crippen LogP contribution in [0.4, 0.5) is 0 Å². The number of rotatable bonds is 2. The van der Waals surface area contributed by atoms with Gasteiger partial charge in [-0.25, -0.2) is 0 Å². The largest absolute Gasteiger partial charge is 0.508 e. The zero-order chi connectivity index (χ0) is 21.8. The molecule has 1 aliphatic carbocycles. The van der Waals surface area contributed by atoms with E-state index in [-0.39, 0.29) is 11.5 Å². The minimum Gasteiger partial charge on any atom is -0.508 e. The van der Waals surface area contributed by atoms with E-state index >= 15 is 0 Å². The van der Waals surface area contributed by atoms with Crippen LogP contribution in [0.5, 0.6) is 5.75 Å². The van der Waals surface area contributed by atoms with Crippen molar-refractivity contribution in [1.29, 1.82) is 0 Å². The third-order valence-corrected chi connectivity index (χ3v) is 6.70. The van der Waals surface area contributed by atoms with Crippen LogP contribution in [0.25, 0.3) is 11.1 Å². The molecule has 4 aromatic carbocycles. The van der Waals surface area contributed by atoms with Crippen molar-refractivity contribution < 1.29 is 9.90 Å². The highest BCUT2D eigenvalue weighted by Gasteiger charge is 2.49. The van der Waals surface area contributed by atoms with Gasteiger partial charge in [-0.3, -0.25) is 4.79 Å². The number of aryl methyl sites for hydroxylation is 3. The van der Waals surface area contributed by atoms with E-state index in [1.54, 1.807) is 6.07 Å². The lowest BCUT2D eigenvalue weighted by Crippen LogP contribution is -2.41. The van der Waals surface area contributed by atoms with Crippen molar-refractivity contribution in [3.05, 3.63) is 124 Å². The maximum atomic E-state index is 14.4. The molecular weight excluding hydrogens is 380 g/mol. The second-order valence-electron chi connectivity index (χ2n) is 8.47. The lowest BCUT2D eigenvalue weighted by molar-refractivity contribution is 0.0933. The SMILES string of the molecule is Cc1ccc(C2(c3ccc(O)c(C)c3)C(=O)c3ccccc3-c3ccccc32)cc1C. The summed E-state index contributed by atoms with van der Waals surface area (Å²) in [6.07, 6.45) is 0. The highest BCUT2D eigenvalue weighted by Crippen LogP contribution is 2.51. The van der Waals surface area contributed by atoms with Crippen LogP contribution in [0.3, 0.4) is 0 Å². The van der Waals surface area contributed by atoms with E-state index in [1.807, 2.05) is 55.5 Å². The van der Waals surface area contributed by atoms with Crippen molar-refractivity contribution in [1.82, 2.24) is 0 Å². The van der Waals surface area contributed by atoms with Gasteiger partial charge in [-0.15, -0.1) is 0 Å².